The van der Waals surface area contributed by atoms with E-state index in [2.05, 4.69) is 43.6 Å². The molecule has 0 aromatic carbocycles. The minimum Gasteiger partial charge on any atom is -0.299 e. The van der Waals surface area contributed by atoms with E-state index in [0.29, 0.717) is 30.0 Å². The highest BCUT2D eigenvalue weighted by atomic mass is 79.9. The standard InChI is InChI=1S/C14H21BrOS/c1-10(8-14(2,3)4)5-12(16)7-13-6-11(15)9-17-13/h6,9-10H,5,7-8H2,1-4H3. The summed E-state index contributed by atoms with van der Waals surface area (Å²) in [5.41, 5.74) is 0.311. The monoisotopic (exact) mass is 316 g/mol. The van der Waals surface area contributed by atoms with Gasteiger partial charge in [-0.15, -0.1) is 11.3 Å². The lowest BCUT2D eigenvalue weighted by Crippen LogP contribution is -2.15. The number of carbonyl (C=O) groups is 1. The maximum Gasteiger partial charge on any atom is 0.138 e. The second-order valence-electron chi connectivity index (χ2n) is 6.02. The molecule has 3 heteroatoms. The molecule has 0 fully saturated rings. The second kappa shape index (κ2) is 6.14. The normalized spacial score (nSPS) is 13.7. The van der Waals surface area contributed by atoms with Crippen LogP contribution in [0, 0.1) is 11.3 Å². The van der Waals surface area contributed by atoms with Crippen LogP contribution in [-0.4, -0.2) is 5.78 Å². The average molecular weight is 317 g/mol. The fourth-order valence-corrected chi connectivity index (χ4v) is 3.70. The number of halogens is 1. The number of hydrogen-bond acceptors (Lipinski definition) is 2. The summed E-state index contributed by atoms with van der Waals surface area (Å²) in [6.07, 6.45) is 2.39. The Labute approximate surface area is 117 Å². The van der Waals surface area contributed by atoms with Crippen molar-refractivity contribution in [3.05, 3.63) is 20.8 Å². The van der Waals surface area contributed by atoms with E-state index in [-0.39, 0.29) is 0 Å². The lowest BCUT2D eigenvalue weighted by Gasteiger charge is -2.22. The summed E-state index contributed by atoms with van der Waals surface area (Å²) < 4.78 is 1.08. The van der Waals surface area contributed by atoms with Gasteiger partial charge in [0.1, 0.15) is 5.78 Å². The molecule has 1 rings (SSSR count). The maximum absolute atomic E-state index is 11.9. The molecule has 96 valence electrons. The zero-order chi connectivity index (χ0) is 13.1. The van der Waals surface area contributed by atoms with Crippen LogP contribution < -0.4 is 0 Å². The van der Waals surface area contributed by atoms with Gasteiger partial charge in [-0.2, -0.15) is 0 Å². The van der Waals surface area contributed by atoms with Crippen LogP contribution in [0.3, 0.4) is 0 Å². The molecule has 17 heavy (non-hydrogen) atoms. The molecule has 0 amide bonds. The quantitative estimate of drug-likeness (QED) is 0.740. The number of thiophene rings is 1. The molecule has 0 radical (unpaired) electrons. The molecule has 0 aliphatic heterocycles. The maximum atomic E-state index is 11.9. The number of carbonyl (C=O) groups excluding carboxylic acids is 1. The first-order chi connectivity index (χ1) is 7.76. The van der Waals surface area contributed by atoms with Crippen LogP contribution in [0.15, 0.2) is 15.9 Å². The van der Waals surface area contributed by atoms with E-state index >= 15 is 0 Å². The van der Waals surface area contributed by atoms with Crippen LogP contribution in [0.4, 0.5) is 0 Å². The van der Waals surface area contributed by atoms with Crippen LogP contribution in [0.5, 0.6) is 0 Å². The van der Waals surface area contributed by atoms with Gasteiger partial charge in [0, 0.05) is 27.6 Å². The SMILES string of the molecule is CC(CC(=O)Cc1cc(Br)cs1)CC(C)(C)C. The largest absolute Gasteiger partial charge is 0.299 e. The third-order valence-corrected chi connectivity index (χ3v) is 4.23. The summed E-state index contributed by atoms with van der Waals surface area (Å²) in [6.45, 7) is 8.85. The van der Waals surface area contributed by atoms with Crippen molar-refractivity contribution in [3.8, 4) is 0 Å². The highest BCUT2D eigenvalue weighted by molar-refractivity contribution is 9.10. The first-order valence-corrected chi connectivity index (χ1v) is 7.68. The minimum atomic E-state index is 0.311. The van der Waals surface area contributed by atoms with E-state index in [1.54, 1.807) is 11.3 Å². The average Bonchev–Trinajstić information content (AvgIpc) is 2.46. The van der Waals surface area contributed by atoms with E-state index in [4.69, 9.17) is 0 Å². The molecule has 1 aromatic rings. The van der Waals surface area contributed by atoms with Gasteiger partial charge in [0.2, 0.25) is 0 Å². The molecule has 0 aliphatic rings. The Morgan fingerprint density at radius 2 is 2.12 bits per heavy atom. The highest BCUT2D eigenvalue weighted by Crippen LogP contribution is 2.27. The molecule has 0 spiro atoms. The van der Waals surface area contributed by atoms with Crippen molar-refractivity contribution in [2.24, 2.45) is 11.3 Å². The molecule has 0 aliphatic carbocycles. The smallest absolute Gasteiger partial charge is 0.138 e. The molecular formula is C14H21BrOS. The van der Waals surface area contributed by atoms with E-state index in [9.17, 15) is 4.79 Å². The van der Waals surface area contributed by atoms with Crippen LogP contribution in [0.25, 0.3) is 0 Å². The predicted molar refractivity (Wildman–Crippen MR) is 78.6 cm³/mol. The van der Waals surface area contributed by atoms with Gasteiger partial charge in [-0.3, -0.25) is 4.79 Å². The van der Waals surface area contributed by atoms with Crippen molar-refractivity contribution in [1.29, 1.82) is 0 Å². The van der Waals surface area contributed by atoms with Crippen LogP contribution in [0.2, 0.25) is 0 Å². The van der Waals surface area contributed by atoms with Crippen LogP contribution in [-0.2, 0) is 11.2 Å². The molecule has 0 bridgehead atoms. The molecule has 1 unspecified atom stereocenters. The van der Waals surface area contributed by atoms with E-state index in [0.717, 1.165) is 15.8 Å². The Morgan fingerprint density at radius 3 is 2.59 bits per heavy atom. The first-order valence-electron chi connectivity index (χ1n) is 6.01. The minimum absolute atomic E-state index is 0.311. The third kappa shape index (κ3) is 6.37. The number of Topliss-reactive ketones (excluding diaryl/α,β-unsaturated/α-hetero) is 1. The van der Waals surface area contributed by atoms with E-state index in [1.807, 2.05) is 11.4 Å². The lowest BCUT2D eigenvalue weighted by molar-refractivity contribution is -0.119. The fourth-order valence-electron chi connectivity index (χ4n) is 2.22. The summed E-state index contributed by atoms with van der Waals surface area (Å²) in [5, 5.41) is 2.03. The highest BCUT2D eigenvalue weighted by Gasteiger charge is 2.18. The summed E-state index contributed by atoms with van der Waals surface area (Å²) in [7, 11) is 0. The summed E-state index contributed by atoms with van der Waals surface area (Å²) in [4.78, 5) is 13.1. The van der Waals surface area contributed by atoms with E-state index in [1.165, 1.54) is 0 Å². The fraction of sp³-hybridized carbons (Fsp3) is 0.643. The Balaban J connectivity index is 2.39. The molecule has 1 aromatic heterocycles. The molecule has 1 atom stereocenters. The molecule has 0 saturated heterocycles. The van der Waals surface area contributed by atoms with Crippen molar-refractivity contribution in [1.82, 2.24) is 0 Å². The zero-order valence-corrected chi connectivity index (χ0v) is 13.5. The van der Waals surface area contributed by atoms with Gasteiger partial charge in [-0.05, 0) is 39.8 Å². The third-order valence-electron chi connectivity index (χ3n) is 2.53. The topological polar surface area (TPSA) is 17.1 Å². The van der Waals surface area contributed by atoms with Crippen molar-refractivity contribution in [2.75, 3.05) is 0 Å². The predicted octanol–water partition coefficient (Wildman–Crippen LogP) is 5.08. The van der Waals surface area contributed by atoms with Gasteiger partial charge < -0.3 is 0 Å². The number of hydrogen-bond donors (Lipinski definition) is 0. The molecule has 0 N–H and O–H groups in total. The van der Waals surface area contributed by atoms with Gasteiger partial charge in [0.05, 0.1) is 0 Å². The van der Waals surface area contributed by atoms with Crippen molar-refractivity contribution in [3.63, 3.8) is 0 Å². The van der Waals surface area contributed by atoms with Crippen molar-refractivity contribution >= 4 is 33.0 Å². The number of rotatable bonds is 5. The van der Waals surface area contributed by atoms with E-state index < -0.39 is 0 Å². The first kappa shape index (κ1) is 14.9. The lowest BCUT2D eigenvalue weighted by atomic mass is 9.83. The number of ketones is 1. The van der Waals surface area contributed by atoms with Gasteiger partial charge in [-0.1, -0.05) is 27.7 Å². The summed E-state index contributed by atoms with van der Waals surface area (Å²) >= 11 is 5.06. The molecule has 0 saturated carbocycles. The van der Waals surface area contributed by atoms with Gasteiger partial charge in [0.15, 0.2) is 0 Å². The van der Waals surface area contributed by atoms with Crippen LogP contribution >= 0.6 is 27.3 Å². The van der Waals surface area contributed by atoms with Gasteiger partial charge >= 0.3 is 0 Å². The van der Waals surface area contributed by atoms with Crippen LogP contribution in [0.1, 0.15) is 45.4 Å². The zero-order valence-electron chi connectivity index (χ0n) is 11.0. The molecular weight excluding hydrogens is 296 g/mol. The van der Waals surface area contributed by atoms with Crippen molar-refractivity contribution < 1.29 is 4.79 Å². The summed E-state index contributed by atoms with van der Waals surface area (Å²) in [5.74, 6) is 0.835. The van der Waals surface area contributed by atoms with Gasteiger partial charge in [-0.25, -0.2) is 0 Å². The molecule has 1 heterocycles. The Bertz CT molecular complexity index is 376. The summed E-state index contributed by atoms with van der Waals surface area (Å²) in [6, 6.07) is 2.04. The van der Waals surface area contributed by atoms with Crippen molar-refractivity contribution in [2.45, 2.75) is 47.0 Å². The Kier molecular flexibility index (Phi) is 5.39. The van der Waals surface area contributed by atoms with Gasteiger partial charge in [0.25, 0.3) is 0 Å². The molecule has 1 nitrogen and oxygen atoms in total. The second-order valence-corrected chi connectivity index (χ2v) is 7.93. The Morgan fingerprint density at radius 1 is 1.47 bits per heavy atom. The Hall–Kier alpha value is -0.150.